The maximum Gasteiger partial charge on any atom is 0.191 e. The lowest BCUT2D eigenvalue weighted by molar-refractivity contribution is 0.192. The zero-order valence-corrected chi connectivity index (χ0v) is 13.2. The van der Waals surface area contributed by atoms with Crippen LogP contribution in [0.15, 0.2) is 4.99 Å². The van der Waals surface area contributed by atoms with Gasteiger partial charge in [-0.2, -0.15) is 0 Å². The Morgan fingerprint density at radius 3 is 2.58 bits per heavy atom. The van der Waals surface area contributed by atoms with E-state index in [9.17, 15) is 0 Å². The van der Waals surface area contributed by atoms with Gasteiger partial charge in [0.1, 0.15) is 0 Å². The van der Waals surface area contributed by atoms with Gasteiger partial charge in [-0.1, -0.05) is 6.92 Å². The van der Waals surface area contributed by atoms with E-state index < -0.39 is 0 Å². The first-order valence-electron chi connectivity index (χ1n) is 7.89. The van der Waals surface area contributed by atoms with E-state index in [4.69, 9.17) is 0 Å². The molecule has 4 heteroatoms. The van der Waals surface area contributed by atoms with Crippen LogP contribution >= 0.6 is 0 Å². The van der Waals surface area contributed by atoms with E-state index in [2.05, 4.69) is 48.2 Å². The highest BCUT2D eigenvalue weighted by Crippen LogP contribution is 2.15. The number of guanidine groups is 1. The molecule has 4 nitrogen and oxygen atoms in total. The van der Waals surface area contributed by atoms with Crippen molar-refractivity contribution in [1.82, 2.24) is 15.5 Å². The van der Waals surface area contributed by atoms with Gasteiger partial charge < -0.3 is 15.5 Å². The Hall–Kier alpha value is -0.770. The summed E-state index contributed by atoms with van der Waals surface area (Å²) in [6.45, 7) is 14.3. The third kappa shape index (κ3) is 7.41. The average Bonchev–Trinajstić information content (AvgIpc) is 2.36. The van der Waals surface area contributed by atoms with Gasteiger partial charge in [0.05, 0.1) is 0 Å². The zero-order valence-electron chi connectivity index (χ0n) is 13.2. The molecule has 0 aliphatic carbocycles. The van der Waals surface area contributed by atoms with Crippen LogP contribution in [0.2, 0.25) is 0 Å². The van der Waals surface area contributed by atoms with Gasteiger partial charge >= 0.3 is 0 Å². The molecule has 1 heterocycles. The van der Waals surface area contributed by atoms with Crippen molar-refractivity contribution in [2.45, 2.75) is 53.0 Å². The lowest BCUT2D eigenvalue weighted by Gasteiger charge is -2.29. The summed E-state index contributed by atoms with van der Waals surface area (Å²) in [6, 6.07) is 0.432. The molecule has 0 saturated carbocycles. The fourth-order valence-corrected chi connectivity index (χ4v) is 2.36. The van der Waals surface area contributed by atoms with Crippen molar-refractivity contribution in [3.8, 4) is 0 Å². The van der Waals surface area contributed by atoms with Crippen molar-refractivity contribution in [1.29, 1.82) is 0 Å². The Morgan fingerprint density at radius 2 is 2.00 bits per heavy atom. The van der Waals surface area contributed by atoms with Gasteiger partial charge in [-0.15, -0.1) is 0 Å². The second kappa shape index (κ2) is 9.18. The van der Waals surface area contributed by atoms with Gasteiger partial charge in [-0.25, -0.2) is 0 Å². The van der Waals surface area contributed by atoms with Crippen LogP contribution in [0.1, 0.15) is 47.0 Å². The molecule has 1 saturated heterocycles. The normalized spacial score (nSPS) is 18.9. The van der Waals surface area contributed by atoms with Crippen LogP contribution in [0, 0.1) is 5.92 Å². The lowest BCUT2D eigenvalue weighted by Crippen LogP contribution is -2.41. The lowest BCUT2D eigenvalue weighted by atomic mass is 9.99. The van der Waals surface area contributed by atoms with Gasteiger partial charge in [0, 0.05) is 19.1 Å². The first-order chi connectivity index (χ1) is 9.11. The molecule has 0 aromatic heterocycles. The highest BCUT2D eigenvalue weighted by atomic mass is 15.2. The molecule has 19 heavy (non-hydrogen) atoms. The van der Waals surface area contributed by atoms with Crippen LogP contribution in [0.5, 0.6) is 0 Å². The highest BCUT2D eigenvalue weighted by Gasteiger charge is 2.14. The van der Waals surface area contributed by atoms with Crippen LogP contribution in [0.3, 0.4) is 0 Å². The monoisotopic (exact) mass is 268 g/mol. The van der Waals surface area contributed by atoms with Crippen LogP contribution in [0.4, 0.5) is 0 Å². The summed E-state index contributed by atoms with van der Waals surface area (Å²) in [5, 5.41) is 6.63. The molecule has 0 aromatic rings. The fourth-order valence-electron chi connectivity index (χ4n) is 2.36. The summed E-state index contributed by atoms with van der Waals surface area (Å²) in [7, 11) is 0. The third-order valence-corrected chi connectivity index (χ3v) is 3.55. The molecule has 1 fully saturated rings. The molecule has 2 N–H and O–H groups in total. The van der Waals surface area contributed by atoms with Crippen molar-refractivity contribution < 1.29 is 0 Å². The Balaban J connectivity index is 2.19. The van der Waals surface area contributed by atoms with Crippen molar-refractivity contribution in [2.75, 3.05) is 32.7 Å². The largest absolute Gasteiger partial charge is 0.357 e. The minimum Gasteiger partial charge on any atom is -0.357 e. The van der Waals surface area contributed by atoms with Crippen LogP contribution in [-0.2, 0) is 0 Å². The molecule has 0 atom stereocenters. The van der Waals surface area contributed by atoms with Crippen LogP contribution < -0.4 is 10.6 Å². The fraction of sp³-hybridized carbons (Fsp3) is 0.933. The zero-order chi connectivity index (χ0) is 14.1. The Bertz CT molecular complexity index is 255. The summed E-state index contributed by atoms with van der Waals surface area (Å²) < 4.78 is 0. The van der Waals surface area contributed by atoms with Gasteiger partial charge in [0.25, 0.3) is 0 Å². The van der Waals surface area contributed by atoms with Gasteiger partial charge in [-0.05, 0) is 65.6 Å². The third-order valence-electron chi connectivity index (χ3n) is 3.55. The summed E-state index contributed by atoms with van der Waals surface area (Å²) in [4.78, 5) is 7.20. The van der Waals surface area contributed by atoms with E-state index in [1.54, 1.807) is 0 Å². The van der Waals surface area contributed by atoms with E-state index >= 15 is 0 Å². The van der Waals surface area contributed by atoms with Gasteiger partial charge in [0.15, 0.2) is 5.96 Å². The molecular formula is C15H32N4. The van der Waals surface area contributed by atoms with Crippen LogP contribution in [-0.4, -0.2) is 49.6 Å². The average molecular weight is 268 g/mol. The molecule has 112 valence electrons. The molecule has 0 bridgehead atoms. The molecule has 0 radical (unpaired) electrons. The van der Waals surface area contributed by atoms with E-state index in [0.717, 1.165) is 31.4 Å². The minimum atomic E-state index is 0.432. The summed E-state index contributed by atoms with van der Waals surface area (Å²) in [6.07, 6.45) is 3.88. The SMILES string of the molecule is CCNC(=NCCCN1CCC(C)CC1)NC(C)C. The number of nitrogens with one attached hydrogen (secondary N) is 2. The first-order valence-corrected chi connectivity index (χ1v) is 7.89. The molecule has 0 unspecified atom stereocenters. The van der Waals surface area contributed by atoms with Gasteiger partial charge in [-0.3, -0.25) is 4.99 Å². The Morgan fingerprint density at radius 1 is 1.32 bits per heavy atom. The van der Waals surface area contributed by atoms with Crippen molar-refractivity contribution in [3.63, 3.8) is 0 Å². The summed E-state index contributed by atoms with van der Waals surface area (Å²) in [5.74, 6) is 1.87. The smallest absolute Gasteiger partial charge is 0.191 e. The second-order valence-electron chi connectivity index (χ2n) is 5.94. The molecule has 1 rings (SSSR count). The van der Waals surface area contributed by atoms with Crippen LogP contribution in [0.25, 0.3) is 0 Å². The maximum absolute atomic E-state index is 4.62. The molecule has 0 spiro atoms. The van der Waals surface area contributed by atoms with E-state index in [1.807, 2.05) is 0 Å². The molecule has 1 aliphatic heterocycles. The Labute approximate surface area is 119 Å². The number of nitrogens with zero attached hydrogens (tertiary/aromatic N) is 2. The molecular weight excluding hydrogens is 236 g/mol. The summed E-state index contributed by atoms with van der Waals surface area (Å²) in [5.41, 5.74) is 0. The van der Waals surface area contributed by atoms with Crippen molar-refractivity contribution >= 4 is 5.96 Å². The van der Waals surface area contributed by atoms with E-state index in [1.165, 1.54) is 32.5 Å². The van der Waals surface area contributed by atoms with Crippen molar-refractivity contribution in [3.05, 3.63) is 0 Å². The standard InChI is InChI=1S/C15H32N4/c1-5-16-15(18-13(2)3)17-9-6-10-19-11-7-14(4)8-12-19/h13-14H,5-12H2,1-4H3,(H2,16,17,18). The summed E-state index contributed by atoms with van der Waals surface area (Å²) >= 11 is 0. The molecule has 0 amide bonds. The van der Waals surface area contributed by atoms with Gasteiger partial charge in [0.2, 0.25) is 0 Å². The quantitative estimate of drug-likeness (QED) is 0.440. The topological polar surface area (TPSA) is 39.7 Å². The number of rotatable bonds is 6. The van der Waals surface area contributed by atoms with E-state index in [0.29, 0.717) is 6.04 Å². The minimum absolute atomic E-state index is 0.432. The number of piperidine rings is 1. The number of aliphatic imine (C=N–C) groups is 1. The number of hydrogen-bond donors (Lipinski definition) is 2. The maximum atomic E-state index is 4.62. The number of hydrogen-bond acceptors (Lipinski definition) is 2. The molecule has 1 aliphatic rings. The van der Waals surface area contributed by atoms with E-state index in [-0.39, 0.29) is 0 Å². The predicted molar refractivity (Wildman–Crippen MR) is 83.7 cm³/mol. The Kier molecular flexibility index (Phi) is 7.87. The highest BCUT2D eigenvalue weighted by molar-refractivity contribution is 5.79. The predicted octanol–water partition coefficient (Wildman–Crippen LogP) is 2.07. The molecule has 0 aromatic carbocycles. The number of likely N-dealkylation sites (tertiary alicyclic amines) is 1. The first kappa shape index (κ1) is 16.3. The van der Waals surface area contributed by atoms with Crippen molar-refractivity contribution in [2.24, 2.45) is 10.9 Å². The second-order valence-corrected chi connectivity index (χ2v) is 5.94.